The third-order valence-electron chi connectivity index (χ3n) is 4.45. The highest BCUT2D eigenvalue weighted by Gasteiger charge is 2.20. The van der Waals surface area contributed by atoms with Gasteiger partial charge in [-0.1, -0.05) is 62.7 Å². The second-order valence-electron chi connectivity index (χ2n) is 6.39. The molecule has 2 aromatic carbocycles. The summed E-state index contributed by atoms with van der Waals surface area (Å²) in [5, 5.41) is 1.35. The Hall–Kier alpha value is -1.84. The smallest absolute Gasteiger partial charge is 0.355 e. The number of hydrogen-bond donors (Lipinski definition) is 0. The number of benzene rings is 2. The minimum absolute atomic E-state index is 0.108. The van der Waals surface area contributed by atoms with Gasteiger partial charge >= 0.3 is 5.97 Å². The molecule has 0 N–H and O–H groups in total. The highest BCUT2D eigenvalue weighted by Crippen LogP contribution is 2.36. The maximum Gasteiger partial charge on any atom is 0.355 e. The van der Waals surface area contributed by atoms with Gasteiger partial charge in [0.25, 0.3) is 0 Å². The summed E-state index contributed by atoms with van der Waals surface area (Å²) in [5.74, 6) is 0.118. The van der Waals surface area contributed by atoms with E-state index in [1.807, 2.05) is 48.5 Å². The lowest BCUT2D eigenvalue weighted by Gasteiger charge is -2.23. The molecule has 1 aromatic heterocycles. The van der Waals surface area contributed by atoms with Gasteiger partial charge in [-0.25, -0.2) is 4.79 Å². The number of esters is 1. The number of hydrogen-bond acceptors (Lipinski definition) is 3. The van der Waals surface area contributed by atoms with Crippen LogP contribution in [0.25, 0.3) is 10.1 Å². The second kappa shape index (κ2) is 6.58. The van der Waals surface area contributed by atoms with Crippen LogP contribution in [0.2, 0.25) is 5.02 Å². The first kappa shape index (κ1) is 17.0. The fraction of sp³-hybridized carbons (Fsp3) is 0.250. The summed E-state index contributed by atoms with van der Waals surface area (Å²) in [7, 11) is 0. The van der Waals surface area contributed by atoms with Gasteiger partial charge in [0.2, 0.25) is 0 Å². The number of carbonyl (C=O) groups excluding carboxylic acids is 1. The summed E-state index contributed by atoms with van der Waals surface area (Å²) in [4.78, 5) is 12.9. The molecule has 0 saturated carbocycles. The van der Waals surface area contributed by atoms with Crippen molar-refractivity contribution >= 4 is 39.0 Å². The Morgan fingerprint density at radius 2 is 1.79 bits per heavy atom. The molecule has 0 fully saturated rings. The molecular formula is C20H19ClO2S. The minimum Gasteiger partial charge on any atom is -0.422 e. The average Bonchev–Trinajstić information content (AvgIpc) is 2.93. The van der Waals surface area contributed by atoms with E-state index in [9.17, 15) is 4.79 Å². The summed E-state index contributed by atoms with van der Waals surface area (Å²) in [6.07, 6.45) is 1.05. The number of fused-ring (bicyclic) bond motifs is 1. The van der Waals surface area contributed by atoms with Crippen LogP contribution in [0.1, 0.15) is 42.4 Å². The minimum atomic E-state index is -0.413. The summed E-state index contributed by atoms with van der Waals surface area (Å²) in [5.41, 5.74) is 1.34. The van der Waals surface area contributed by atoms with Gasteiger partial charge in [-0.05, 0) is 35.6 Å². The van der Waals surface area contributed by atoms with Crippen molar-refractivity contribution in [3.8, 4) is 5.75 Å². The molecule has 0 bridgehead atoms. The molecule has 3 rings (SSSR count). The van der Waals surface area contributed by atoms with Crippen LogP contribution in [-0.2, 0) is 5.41 Å². The normalized spacial score (nSPS) is 11.7. The lowest BCUT2D eigenvalue weighted by Crippen LogP contribution is -2.15. The Morgan fingerprint density at radius 1 is 1.12 bits per heavy atom. The monoisotopic (exact) mass is 358 g/mol. The van der Waals surface area contributed by atoms with Crippen LogP contribution in [0.3, 0.4) is 0 Å². The van der Waals surface area contributed by atoms with Crippen molar-refractivity contribution in [2.75, 3.05) is 0 Å². The molecule has 0 atom stereocenters. The molecule has 3 aromatic rings. The molecule has 0 aliphatic heterocycles. The molecule has 2 nitrogen and oxygen atoms in total. The average molecular weight is 359 g/mol. The lowest BCUT2D eigenvalue weighted by atomic mass is 9.82. The summed E-state index contributed by atoms with van der Waals surface area (Å²) >= 11 is 7.69. The fourth-order valence-corrected chi connectivity index (χ4v) is 3.86. The fourth-order valence-electron chi connectivity index (χ4n) is 2.48. The molecule has 0 unspecified atom stereocenters. The molecular weight excluding hydrogens is 340 g/mol. The first-order chi connectivity index (χ1) is 11.4. The van der Waals surface area contributed by atoms with Crippen molar-refractivity contribution in [2.24, 2.45) is 0 Å². The van der Waals surface area contributed by atoms with Gasteiger partial charge in [-0.3, -0.25) is 0 Å². The molecule has 0 saturated heterocycles. The zero-order valence-electron chi connectivity index (χ0n) is 13.9. The van der Waals surface area contributed by atoms with Gasteiger partial charge in [0.05, 0.1) is 5.02 Å². The zero-order valence-corrected chi connectivity index (χ0v) is 15.5. The van der Waals surface area contributed by atoms with Crippen molar-refractivity contribution in [1.29, 1.82) is 0 Å². The number of ether oxygens (including phenoxy) is 1. The topological polar surface area (TPSA) is 26.3 Å². The maximum absolute atomic E-state index is 12.4. The van der Waals surface area contributed by atoms with E-state index in [1.54, 1.807) is 0 Å². The van der Waals surface area contributed by atoms with Crippen LogP contribution < -0.4 is 4.74 Å². The Bertz CT molecular complexity index is 878. The van der Waals surface area contributed by atoms with Gasteiger partial charge in [-0.2, -0.15) is 0 Å². The first-order valence-electron chi connectivity index (χ1n) is 7.92. The van der Waals surface area contributed by atoms with Crippen LogP contribution in [0, 0.1) is 0 Å². The Morgan fingerprint density at radius 3 is 2.42 bits per heavy atom. The lowest BCUT2D eigenvalue weighted by molar-refractivity contribution is 0.0740. The first-order valence-corrected chi connectivity index (χ1v) is 9.11. The number of thiophene rings is 1. The van der Waals surface area contributed by atoms with E-state index in [1.165, 1.54) is 16.9 Å². The van der Waals surface area contributed by atoms with Crippen molar-refractivity contribution < 1.29 is 9.53 Å². The molecule has 1 heterocycles. The van der Waals surface area contributed by atoms with E-state index in [2.05, 4.69) is 20.8 Å². The van der Waals surface area contributed by atoms with Gasteiger partial charge in [-0.15, -0.1) is 11.3 Å². The third-order valence-corrected chi connectivity index (χ3v) is 6.11. The Kier molecular flexibility index (Phi) is 4.66. The van der Waals surface area contributed by atoms with Crippen molar-refractivity contribution in [3.05, 3.63) is 64.0 Å². The quantitative estimate of drug-likeness (QED) is 0.395. The van der Waals surface area contributed by atoms with Gasteiger partial charge in [0.15, 0.2) is 0 Å². The SMILES string of the molecule is CCC(C)(C)c1ccc(OC(=O)c2sc3ccccc3c2Cl)cc1. The molecule has 0 amide bonds. The van der Waals surface area contributed by atoms with E-state index in [-0.39, 0.29) is 5.41 Å². The predicted molar refractivity (Wildman–Crippen MR) is 102 cm³/mol. The third kappa shape index (κ3) is 3.19. The molecule has 0 aliphatic carbocycles. The molecule has 24 heavy (non-hydrogen) atoms. The molecule has 124 valence electrons. The number of carbonyl (C=O) groups is 1. The van der Waals surface area contributed by atoms with E-state index in [0.717, 1.165) is 16.5 Å². The predicted octanol–water partition coefficient (Wildman–Crippen LogP) is 6.46. The van der Waals surface area contributed by atoms with Crippen LogP contribution >= 0.6 is 22.9 Å². The Labute approximate surface area is 151 Å². The number of rotatable bonds is 4. The summed E-state index contributed by atoms with van der Waals surface area (Å²) in [6.45, 7) is 6.56. The second-order valence-corrected chi connectivity index (χ2v) is 7.82. The van der Waals surface area contributed by atoms with E-state index in [0.29, 0.717) is 15.6 Å². The molecule has 0 aliphatic rings. The standard InChI is InChI=1S/C20H19ClO2S/c1-4-20(2,3)13-9-11-14(12-10-13)23-19(22)18-17(21)15-7-5-6-8-16(15)24-18/h5-12H,4H2,1-3H3. The number of halogens is 1. The highest BCUT2D eigenvalue weighted by molar-refractivity contribution is 7.21. The van der Waals surface area contributed by atoms with E-state index < -0.39 is 5.97 Å². The Balaban J connectivity index is 1.83. The highest BCUT2D eigenvalue weighted by atomic mass is 35.5. The van der Waals surface area contributed by atoms with Crippen molar-refractivity contribution in [3.63, 3.8) is 0 Å². The van der Waals surface area contributed by atoms with Crippen LogP contribution in [0.5, 0.6) is 5.75 Å². The molecule has 0 radical (unpaired) electrons. The van der Waals surface area contributed by atoms with Crippen LogP contribution in [0.4, 0.5) is 0 Å². The van der Waals surface area contributed by atoms with Crippen LogP contribution in [-0.4, -0.2) is 5.97 Å². The van der Waals surface area contributed by atoms with Gasteiger partial charge < -0.3 is 4.74 Å². The van der Waals surface area contributed by atoms with Crippen molar-refractivity contribution in [2.45, 2.75) is 32.6 Å². The largest absolute Gasteiger partial charge is 0.422 e. The molecule has 0 spiro atoms. The van der Waals surface area contributed by atoms with Gasteiger partial charge in [0, 0.05) is 10.1 Å². The maximum atomic E-state index is 12.4. The van der Waals surface area contributed by atoms with Gasteiger partial charge in [0.1, 0.15) is 10.6 Å². The van der Waals surface area contributed by atoms with E-state index in [4.69, 9.17) is 16.3 Å². The summed E-state index contributed by atoms with van der Waals surface area (Å²) < 4.78 is 6.48. The van der Waals surface area contributed by atoms with Crippen LogP contribution in [0.15, 0.2) is 48.5 Å². The van der Waals surface area contributed by atoms with E-state index >= 15 is 0 Å². The zero-order chi connectivity index (χ0) is 17.3. The van der Waals surface area contributed by atoms with Crippen molar-refractivity contribution in [1.82, 2.24) is 0 Å². The molecule has 4 heteroatoms. The summed E-state index contributed by atoms with van der Waals surface area (Å²) in [6, 6.07) is 15.4.